The molecule has 0 aromatic heterocycles. The summed E-state index contributed by atoms with van der Waals surface area (Å²) in [6.45, 7) is 3.88. The van der Waals surface area contributed by atoms with E-state index >= 15 is 0 Å². The Hall–Kier alpha value is 0.137. The lowest BCUT2D eigenvalue weighted by Gasteiger charge is -2.13. The van der Waals surface area contributed by atoms with Gasteiger partial charge in [-0.2, -0.15) is 0 Å². The summed E-state index contributed by atoms with van der Waals surface area (Å²) in [4.78, 5) is 0. The molecule has 0 aliphatic heterocycles. The van der Waals surface area contributed by atoms with Crippen LogP contribution in [-0.2, 0) is 0 Å². The first kappa shape index (κ1) is 7.14. The van der Waals surface area contributed by atoms with Gasteiger partial charge < -0.3 is 10.2 Å². The van der Waals surface area contributed by atoms with Gasteiger partial charge in [-0.1, -0.05) is 13.1 Å². The summed E-state index contributed by atoms with van der Waals surface area (Å²) in [5.41, 5.74) is 0. The van der Waals surface area contributed by atoms with Gasteiger partial charge in [0.25, 0.3) is 0 Å². The molecule has 0 bridgehead atoms. The number of rotatable bonds is 2. The van der Waals surface area contributed by atoms with Gasteiger partial charge in [-0.3, -0.25) is 0 Å². The number of aliphatic hydroxyl groups is 2. The summed E-state index contributed by atoms with van der Waals surface area (Å²) >= 11 is 0. The highest BCUT2D eigenvalue weighted by Gasteiger charge is 2.16. The zero-order valence-corrected chi connectivity index (χ0v) is 5.81. The lowest BCUT2D eigenvalue weighted by atomic mass is 11.6. The first-order valence-corrected chi connectivity index (χ1v) is 5.75. The molecule has 2 nitrogen and oxygen atoms in total. The summed E-state index contributed by atoms with van der Waals surface area (Å²) in [5.74, 6) is 0. The highest BCUT2D eigenvalue weighted by Crippen LogP contribution is 1.95. The second kappa shape index (κ2) is 2.45. The van der Waals surface area contributed by atoms with Crippen molar-refractivity contribution < 1.29 is 10.2 Å². The standard InChI is InChI=1S/C4H12O2Si/c1-7(2,3-5)4-6/h5-6H,3-4H2,1-2H3. The second-order valence-electron chi connectivity index (χ2n) is 2.48. The van der Waals surface area contributed by atoms with Crippen molar-refractivity contribution in [2.24, 2.45) is 0 Å². The van der Waals surface area contributed by atoms with Gasteiger partial charge in [-0.05, 0) is 0 Å². The zero-order chi connectivity index (χ0) is 5.91. The summed E-state index contributed by atoms with van der Waals surface area (Å²) < 4.78 is 0. The molecule has 0 spiro atoms. The van der Waals surface area contributed by atoms with Gasteiger partial charge in [0, 0.05) is 12.5 Å². The van der Waals surface area contributed by atoms with E-state index in [1.165, 1.54) is 0 Å². The quantitative estimate of drug-likeness (QED) is 0.494. The molecule has 7 heavy (non-hydrogen) atoms. The van der Waals surface area contributed by atoms with Crippen LogP contribution in [0, 0.1) is 0 Å². The van der Waals surface area contributed by atoms with E-state index in [1.807, 2.05) is 13.1 Å². The lowest BCUT2D eigenvalue weighted by molar-refractivity contribution is 0.323. The Labute approximate surface area is 44.8 Å². The largest absolute Gasteiger partial charge is 0.400 e. The first-order chi connectivity index (χ1) is 3.12. The molecule has 0 rings (SSSR count). The van der Waals surface area contributed by atoms with Crippen LogP contribution in [0.1, 0.15) is 0 Å². The molecule has 0 aromatic carbocycles. The smallest absolute Gasteiger partial charge is 0.106 e. The Morgan fingerprint density at radius 1 is 1.14 bits per heavy atom. The summed E-state index contributed by atoms with van der Waals surface area (Å²) in [7, 11) is -1.54. The lowest BCUT2D eigenvalue weighted by Crippen LogP contribution is -2.36. The van der Waals surface area contributed by atoms with Gasteiger partial charge in [0.15, 0.2) is 0 Å². The predicted octanol–water partition coefficient (Wildman–Crippen LogP) is -0.242. The Morgan fingerprint density at radius 3 is 1.43 bits per heavy atom. The highest BCUT2D eigenvalue weighted by molar-refractivity contribution is 6.77. The highest BCUT2D eigenvalue weighted by atomic mass is 28.3. The monoisotopic (exact) mass is 120 g/mol. The fourth-order valence-electron chi connectivity index (χ4n) is 0.0500. The van der Waals surface area contributed by atoms with Crippen molar-refractivity contribution in [1.29, 1.82) is 0 Å². The molecule has 0 aliphatic carbocycles. The fourth-order valence-corrected chi connectivity index (χ4v) is 0.150. The Balaban J connectivity index is 3.36. The van der Waals surface area contributed by atoms with Crippen LogP contribution in [0.5, 0.6) is 0 Å². The molecule has 2 N–H and O–H groups in total. The SMILES string of the molecule is C[Si](C)(CO)CO. The van der Waals surface area contributed by atoms with Crippen molar-refractivity contribution in [2.75, 3.05) is 12.5 Å². The van der Waals surface area contributed by atoms with E-state index in [0.29, 0.717) is 0 Å². The summed E-state index contributed by atoms with van der Waals surface area (Å²) in [6, 6.07) is 0. The predicted molar refractivity (Wildman–Crippen MR) is 31.7 cm³/mol. The third kappa shape index (κ3) is 2.79. The molecular formula is C4H12O2Si. The maximum atomic E-state index is 8.50. The Bertz CT molecular complexity index is 47.7. The average Bonchev–Trinajstić information content (AvgIpc) is 1.68. The van der Waals surface area contributed by atoms with E-state index in [4.69, 9.17) is 10.2 Å². The molecular weight excluding hydrogens is 108 g/mol. The Morgan fingerprint density at radius 2 is 1.43 bits per heavy atom. The van der Waals surface area contributed by atoms with Crippen LogP contribution in [0.3, 0.4) is 0 Å². The van der Waals surface area contributed by atoms with Crippen LogP contribution in [0.2, 0.25) is 13.1 Å². The van der Waals surface area contributed by atoms with Crippen molar-refractivity contribution in [2.45, 2.75) is 13.1 Å². The minimum absolute atomic E-state index is 0.184. The molecule has 0 atom stereocenters. The molecule has 0 unspecified atom stereocenters. The van der Waals surface area contributed by atoms with Crippen molar-refractivity contribution in [3.63, 3.8) is 0 Å². The average molecular weight is 120 g/mol. The van der Waals surface area contributed by atoms with Crippen LogP contribution in [0.4, 0.5) is 0 Å². The molecule has 44 valence electrons. The molecule has 3 heteroatoms. The Kier molecular flexibility index (Phi) is 2.49. The van der Waals surface area contributed by atoms with Gasteiger partial charge in [-0.25, -0.2) is 0 Å². The van der Waals surface area contributed by atoms with Crippen LogP contribution in [-0.4, -0.2) is 30.7 Å². The maximum absolute atomic E-state index is 8.50. The van der Waals surface area contributed by atoms with E-state index in [2.05, 4.69) is 0 Å². The third-order valence-electron chi connectivity index (χ3n) is 0.856. The van der Waals surface area contributed by atoms with Gasteiger partial charge in [0.2, 0.25) is 0 Å². The van der Waals surface area contributed by atoms with Crippen molar-refractivity contribution in [1.82, 2.24) is 0 Å². The fraction of sp³-hybridized carbons (Fsp3) is 1.00. The normalized spacial score (nSPS) is 12.0. The maximum Gasteiger partial charge on any atom is 0.106 e. The topological polar surface area (TPSA) is 40.5 Å². The number of aliphatic hydroxyl groups excluding tert-OH is 2. The molecule has 0 fully saturated rings. The zero-order valence-electron chi connectivity index (χ0n) is 4.81. The molecule has 0 saturated heterocycles. The number of hydrogen-bond acceptors (Lipinski definition) is 2. The van der Waals surface area contributed by atoms with Crippen molar-refractivity contribution >= 4 is 8.07 Å². The van der Waals surface area contributed by atoms with Crippen LogP contribution >= 0.6 is 0 Å². The van der Waals surface area contributed by atoms with E-state index < -0.39 is 8.07 Å². The molecule has 0 heterocycles. The third-order valence-corrected chi connectivity index (χ3v) is 2.57. The van der Waals surface area contributed by atoms with Crippen LogP contribution in [0.15, 0.2) is 0 Å². The number of hydrogen-bond donors (Lipinski definition) is 2. The van der Waals surface area contributed by atoms with Gasteiger partial charge in [-0.15, -0.1) is 0 Å². The van der Waals surface area contributed by atoms with Gasteiger partial charge in [0.1, 0.15) is 8.07 Å². The van der Waals surface area contributed by atoms with Gasteiger partial charge >= 0.3 is 0 Å². The minimum atomic E-state index is -1.54. The van der Waals surface area contributed by atoms with Crippen molar-refractivity contribution in [3.8, 4) is 0 Å². The summed E-state index contributed by atoms with van der Waals surface area (Å²) in [5, 5.41) is 17.0. The van der Waals surface area contributed by atoms with Crippen molar-refractivity contribution in [3.05, 3.63) is 0 Å². The molecule has 0 saturated carbocycles. The van der Waals surface area contributed by atoms with E-state index in [0.717, 1.165) is 0 Å². The van der Waals surface area contributed by atoms with Crippen LogP contribution < -0.4 is 0 Å². The summed E-state index contributed by atoms with van der Waals surface area (Å²) in [6.07, 6.45) is 0.368. The van der Waals surface area contributed by atoms with E-state index in [9.17, 15) is 0 Å². The molecule has 0 radical (unpaired) electrons. The molecule has 0 aromatic rings. The first-order valence-electron chi connectivity index (χ1n) is 2.34. The second-order valence-corrected chi connectivity index (χ2v) is 7.44. The van der Waals surface area contributed by atoms with E-state index in [-0.39, 0.29) is 12.5 Å². The minimum Gasteiger partial charge on any atom is -0.400 e. The van der Waals surface area contributed by atoms with Crippen LogP contribution in [0.25, 0.3) is 0 Å². The van der Waals surface area contributed by atoms with Gasteiger partial charge in [0.05, 0.1) is 0 Å². The molecule has 0 aliphatic rings. The molecule has 0 amide bonds. The van der Waals surface area contributed by atoms with E-state index in [1.54, 1.807) is 0 Å².